The van der Waals surface area contributed by atoms with Crippen LogP contribution in [0.1, 0.15) is 21.6 Å². The monoisotopic (exact) mass is 431 g/mol. The highest BCUT2D eigenvalue weighted by atomic mass is 16.7. The molecule has 31 heavy (non-hydrogen) atoms. The van der Waals surface area contributed by atoms with Gasteiger partial charge in [-0.2, -0.15) is 0 Å². The summed E-state index contributed by atoms with van der Waals surface area (Å²) in [5.41, 5.74) is 3.62. The highest BCUT2D eigenvalue weighted by Crippen LogP contribution is 2.27. The molecule has 0 saturated heterocycles. The maximum atomic E-state index is 12.1. The topological polar surface area (TPSA) is 168 Å². The summed E-state index contributed by atoms with van der Waals surface area (Å²) in [7, 11) is 1.51. The molecule has 0 unspecified atom stereocenters. The van der Waals surface area contributed by atoms with Crippen LogP contribution >= 0.6 is 0 Å². The molecule has 166 valence electrons. The number of methoxy groups -OCH3 is 1. The normalized spacial score (nSPS) is 10.4. The van der Waals surface area contributed by atoms with Crippen molar-refractivity contribution in [2.75, 3.05) is 27.1 Å². The van der Waals surface area contributed by atoms with Gasteiger partial charge >= 0.3 is 11.7 Å². The second-order valence-corrected chi connectivity index (χ2v) is 6.44. The van der Waals surface area contributed by atoms with Gasteiger partial charge in [0.1, 0.15) is 11.4 Å². The molecule has 0 radical (unpaired) electrons. The van der Waals surface area contributed by atoms with Crippen LogP contribution in [0.3, 0.4) is 0 Å². The number of ether oxygens (including phenoxy) is 2. The van der Waals surface area contributed by atoms with E-state index in [0.717, 1.165) is 16.3 Å². The summed E-state index contributed by atoms with van der Waals surface area (Å²) in [6, 6.07) is 11.5. The van der Waals surface area contributed by atoms with Crippen molar-refractivity contribution in [3.8, 4) is 5.75 Å². The van der Waals surface area contributed by atoms with E-state index in [0.29, 0.717) is 18.7 Å². The van der Waals surface area contributed by atoms with E-state index < -0.39 is 22.9 Å². The maximum Gasteiger partial charge on any atom is 0.352 e. The Morgan fingerprint density at radius 3 is 2.32 bits per heavy atom. The fourth-order valence-corrected chi connectivity index (χ4v) is 2.91. The summed E-state index contributed by atoms with van der Waals surface area (Å²) in [5, 5.41) is 19.0. The highest BCUT2D eigenvalue weighted by molar-refractivity contribution is 5.87. The molecule has 6 N–H and O–H groups in total. The number of aryl methyl sites for hydroxylation is 1. The van der Waals surface area contributed by atoms with Crippen molar-refractivity contribution in [3.05, 3.63) is 74.1 Å². The number of benzene rings is 2. The number of aliphatic hydroxyl groups is 1. The zero-order chi connectivity index (χ0) is 22.8. The van der Waals surface area contributed by atoms with Crippen LogP contribution in [0.5, 0.6) is 5.75 Å². The van der Waals surface area contributed by atoms with Crippen molar-refractivity contribution in [1.82, 2.24) is 9.97 Å². The molecule has 0 atom stereocenters. The number of nitrogens with one attached hydrogen (secondary N) is 2. The van der Waals surface area contributed by atoms with E-state index in [1.807, 2.05) is 36.4 Å². The first-order valence-electron chi connectivity index (χ1n) is 9.44. The van der Waals surface area contributed by atoms with Gasteiger partial charge in [0, 0.05) is 19.2 Å². The number of fused-ring (bicyclic) bond motifs is 1. The fraction of sp³-hybridized carbons (Fsp3) is 0.286. The van der Waals surface area contributed by atoms with E-state index in [1.165, 1.54) is 7.11 Å². The molecule has 0 aliphatic rings. The second kappa shape index (κ2) is 11.6. The number of carboxylic acid groups (broad SMARTS) is 1. The van der Waals surface area contributed by atoms with Crippen LogP contribution in [0.25, 0.3) is 10.8 Å². The van der Waals surface area contributed by atoms with Gasteiger partial charge in [-0.3, -0.25) is 9.78 Å². The van der Waals surface area contributed by atoms with E-state index in [-0.39, 0.29) is 25.4 Å². The van der Waals surface area contributed by atoms with Crippen molar-refractivity contribution < 1.29 is 24.5 Å². The van der Waals surface area contributed by atoms with Crippen LogP contribution in [0.15, 0.2) is 46.0 Å². The minimum absolute atomic E-state index is 0.00736. The van der Waals surface area contributed by atoms with Crippen LogP contribution in [0.4, 0.5) is 0 Å². The molecule has 1 aromatic heterocycles. The van der Waals surface area contributed by atoms with Crippen molar-refractivity contribution >= 4 is 16.7 Å². The Morgan fingerprint density at radius 2 is 1.74 bits per heavy atom. The number of rotatable bonds is 8. The number of aromatic carboxylic acids is 1. The molecular weight excluding hydrogens is 406 g/mol. The lowest BCUT2D eigenvalue weighted by molar-refractivity contribution is 0.0505. The first-order valence-corrected chi connectivity index (χ1v) is 9.44. The highest BCUT2D eigenvalue weighted by Gasteiger charge is 2.17. The van der Waals surface area contributed by atoms with Crippen molar-refractivity contribution in [2.24, 2.45) is 5.73 Å². The van der Waals surface area contributed by atoms with Gasteiger partial charge < -0.3 is 30.4 Å². The molecule has 0 aliphatic heterocycles. The summed E-state index contributed by atoms with van der Waals surface area (Å²) in [6.07, 6.45) is 0.467. The molecular formula is C21H25N3O7. The summed E-state index contributed by atoms with van der Waals surface area (Å²) >= 11 is 0. The maximum absolute atomic E-state index is 12.1. The first kappa shape index (κ1) is 23.8. The van der Waals surface area contributed by atoms with E-state index in [2.05, 4.69) is 9.97 Å². The Labute approximate surface area is 177 Å². The van der Waals surface area contributed by atoms with Crippen LogP contribution in [0.2, 0.25) is 0 Å². The van der Waals surface area contributed by atoms with Gasteiger partial charge in [0.15, 0.2) is 6.79 Å². The van der Waals surface area contributed by atoms with Gasteiger partial charge in [-0.25, -0.2) is 9.59 Å². The number of hydrogen-bond donors (Lipinski definition) is 5. The predicted octanol–water partition coefficient (Wildman–Crippen LogP) is 0.620. The molecule has 0 fully saturated rings. The van der Waals surface area contributed by atoms with Crippen LogP contribution in [-0.4, -0.2) is 53.2 Å². The Hall–Kier alpha value is -3.47. The molecule has 3 aromatic rings. The summed E-state index contributed by atoms with van der Waals surface area (Å²) in [4.78, 5) is 39.0. The second-order valence-electron chi connectivity index (χ2n) is 6.44. The molecule has 0 bridgehead atoms. The average Bonchev–Trinajstić information content (AvgIpc) is 2.76. The lowest BCUT2D eigenvalue weighted by atomic mass is 10.00. The van der Waals surface area contributed by atoms with Crippen molar-refractivity contribution in [1.29, 1.82) is 0 Å². The third-order valence-electron chi connectivity index (χ3n) is 4.29. The predicted molar refractivity (Wildman–Crippen MR) is 115 cm³/mol. The van der Waals surface area contributed by atoms with E-state index in [1.54, 1.807) is 0 Å². The number of aliphatic hydroxyl groups excluding tert-OH is 1. The molecule has 0 spiro atoms. The van der Waals surface area contributed by atoms with Crippen molar-refractivity contribution in [3.63, 3.8) is 0 Å². The van der Waals surface area contributed by atoms with Gasteiger partial charge in [0.25, 0.3) is 5.56 Å². The SMILES string of the molecule is COCOc1cc2ccccc2cc1CCc1c(C(=O)O)[nH]c(=O)[nH]c1=O.NCCO. The molecule has 2 aromatic carbocycles. The summed E-state index contributed by atoms with van der Waals surface area (Å²) < 4.78 is 10.6. The zero-order valence-corrected chi connectivity index (χ0v) is 17.0. The van der Waals surface area contributed by atoms with E-state index in [4.69, 9.17) is 20.3 Å². The molecule has 0 amide bonds. The molecule has 0 aliphatic carbocycles. The Bertz CT molecular complexity index is 1140. The summed E-state index contributed by atoms with van der Waals surface area (Å²) in [6.45, 7) is 0.533. The number of aromatic nitrogens is 2. The van der Waals surface area contributed by atoms with Crippen LogP contribution in [-0.2, 0) is 17.6 Å². The number of hydrogen-bond acceptors (Lipinski definition) is 7. The van der Waals surface area contributed by atoms with Gasteiger partial charge in [-0.05, 0) is 41.3 Å². The van der Waals surface area contributed by atoms with E-state index in [9.17, 15) is 19.5 Å². The first-order chi connectivity index (χ1) is 14.9. The number of nitrogens with two attached hydrogens (primary N) is 1. The lowest BCUT2D eigenvalue weighted by Gasteiger charge is -2.13. The van der Waals surface area contributed by atoms with Crippen LogP contribution < -0.4 is 21.7 Å². The Kier molecular flexibility index (Phi) is 8.94. The molecule has 10 heteroatoms. The van der Waals surface area contributed by atoms with Crippen LogP contribution in [0, 0.1) is 0 Å². The van der Waals surface area contributed by atoms with Crippen molar-refractivity contribution in [2.45, 2.75) is 12.8 Å². The smallest absolute Gasteiger partial charge is 0.352 e. The average molecular weight is 431 g/mol. The van der Waals surface area contributed by atoms with Gasteiger partial charge in [0.2, 0.25) is 0 Å². The molecule has 3 rings (SSSR count). The summed E-state index contributed by atoms with van der Waals surface area (Å²) in [5.74, 6) is -0.768. The van der Waals surface area contributed by atoms with Gasteiger partial charge in [-0.1, -0.05) is 24.3 Å². The van der Waals surface area contributed by atoms with E-state index >= 15 is 0 Å². The molecule has 0 saturated carbocycles. The number of H-pyrrole nitrogens is 2. The number of carboxylic acids is 1. The number of carbonyl (C=O) groups is 1. The fourth-order valence-electron chi connectivity index (χ4n) is 2.91. The lowest BCUT2D eigenvalue weighted by Crippen LogP contribution is -2.30. The number of aromatic amines is 2. The largest absolute Gasteiger partial charge is 0.477 e. The zero-order valence-electron chi connectivity index (χ0n) is 17.0. The molecule has 10 nitrogen and oxygen atoms in total. The third-order valence-corrected chi connectivity index (χ3v) is 4.29. The third kappa shape index (κ3) is 6.51. The van der Waals surface area contributed by atoms with Gasteiger partial charge in [-0.15, -0.1) is 0 Å². The Morgan fingerprint density at radius 1 is 1.10 bits per heavy atom. The van der Waals surface area contributed by atoms with Gasteiger partial charge in [0.05, 0.1) is 6.61 Å². The standard InChI is InChI=1S/C19H18N2O6.C2H7NO/c1-26-10-27-15-9-12-5-3-2-4-11(12)8-13(15)6-7-14-16(18(23)24)20-19(25)21-17(14)22;3-1-2-4/h2-5,8-9H,6-7,10H2,1H3,(H,23,24)(H2,20,21,22,25);4H,1-3H2. The minimum atomic E-state index is -1.36. The molecule has 1 heterocycles. The quantitative estimate of drug-likeness (QED) is 0.323. The Balaban J connectivity index is 0.000000785. The minimum Gasteiger partial charge on any atom is -0.477 e.